The van der Waals surface area contributed by atoms with Crippen LogP contribution in [0, 0.1) is 0 Å². The third kappa shape index (κ3) is 5.56. The number of rotatable bonds is 7. The zero-order valence-corrected chi connectivity index (χ0v) is 15.3. The van der Waals surface area contributed by atoms with Crippen molar-refractivity contribution in [1.29, 1.82) is 0 Å². The van der Waals surface area contributed by atoms with E-state index in [9.17, 15) is 14.4 Å². The highest BCUT2D eigenvalue weighted by atomic mass is 16.7. The molecule has 1 heterocycles. The van der Waals surface area contributed by atoms with Crippen LogP contribution in [-0.4, -0.2) is 36.3 Å². The van der Waals surface area contributed by atoms with Gasteiger partial charge in [0.15, 0.2) is 11.5 Å². The number of amides is 3. The second-order valence-electron chi connectivity index (χ2n) is 6.08. The topological polar surface area (TPSA) is 126 Å². The Kier molecular flexibility index (Phi) is 6.43. The van der Waals surface area contributed by atoms with Crippen LogP contribution in [0.4, 0.5) is 0 Å². The molecule has 2 aromatic rings. The number of hydrogen-bond donors (Lipinski definition) is 4. The molecule has 0 radical (unpaired) electrons. The quantitative estimate of drug-likeness (QED) is 0.314. The van der Waals surface area contributed by atoms with Gasteiger partial charge in [-0.2, -0.15) is 0 Å². The molecule has 4 N–H and O–H groups in total. The summed E-state index contributed by atoms with van der Waals surface area (Å²) in [5.41, 5.74) is 3.38. The lowest BCUT2D eigenvalue weighted by Gasteiger charge is -2.07. The Morgan fingerprint density at radius 2 is 1.76 bits per heavy atom. The van der Waals surface area contributed by atoms with Gasteiger partial charge in [-0.25, -0.2) is 5.48 Å². The van der Waals surface area contributed by atoms with Gasteiger partial charge in [0.25, 0.3) is 5.91 Å². The molecule has 0 saturated carbocycles. The summed E-state index contributed by atoms with van der Waals surface area (Å²) >= 11 is 0. The Morgan fingerprint density at radius 1 is 1.00 bits per heavy atom. The van der Waals surface area contributed by atoms with Crippen LogP contribution in [0.2, 0.25) is 0 Å². The van der Waals surface area contributed by atoms with Gasteiger partial charge in [-0.3, -0.25) is 19.6 Å². The van der Waals surface area contributed by atoms with E-state index < -0.39 is 11.8 Å². The van der Waals surface area contributed by atoms with Crippen LogP contribution in [0.3, 0.4) is 0 Å². The lowest BCUT2D eigenvalue weighted by atomic mass is 10.1. The Bertz CT molecular complexity index is 940. The molecule has 9 heteroatoms. The third-order valence-corrected chi connectivity index (χ3v) is 4.05. The van der Waals surface area contributed by atoms with Crippen LogP contribution in [0.25, 0.3) is 6.08 Å². The molecule has 0 bridgehead atoms. The summed E-state index contributed by atoms with van der Waals surface area (Å²) < 4.78 is 10.5. The third-order valence-electron chi connectivity index (χ3n) is 4.05. The van der Waals surface area contributed by atoms with Crippen molar-refractivity contribution >= 4 is 23.8 Å². The van der Waals surface area contributed by atoms with Crippen LogP contribution >= 0.6 is 0 Å². The highest BCUT2D eigenvalue weighted by molar-refractivity contribution is 5.94. The van der Waals surface area contributed by atoms with Crippen LogP contribution in [0.5, 0.6) is 11.5 Å². The first-order valence-corrected chi connectivity index (χ1v) is 8.71. The molecule has 0 saturated heterocycles. The number of ether oxygens (including phenoxy) is 2. The highest BCUT2D eigenvalue weighted by Gasteiger charge is 2.12. The van der Waals surface area contributed by atoms with E-state index in [4.69, 9.17) is 14.7 Å². The minimum absolute atomic E-state index is 0.171. The van der Waals surface area contributed by atoms with Gasteiger partial charge >= 0.3 is 0 Å². The van der Waals surface area contributed by atoms with E-state index in [1.165, 1.54) is 18.2 Å². The molecule has 0 fully saturated rings. The fourth-order valence-electron chi connectivity index (χ4n) is 2.52. The molecule has 0 aromatic heterocycles. The van der Waals surface area contributed by atoms with Gasteiger partial charge in [-0.15, -0.1) is 0 Å². The smallest absolute Gasteiger partial charge is 0.274 e. The molecule has 0 aliphatic carbocycles. The fourth-order valence-corrected chi connectivity index (χ4v) is 2.52. The van der Waals surface area contributed by atoms with Crippen molar-refractivity contribution in [3.05, 3.63) is 65.2 Å². The molecule has 9 nitrogen and oxygen atoms in total. The zero-order valence-electron chi connectivity index (χ0n) is 15.3. The summed E-state index contributed by atoms with van der Waals surface area (Å²) in [6, 6.07) is 11.7. The first-order valence-electron chi connectivity index (χ1n) is 8.71. The number of nitrogens with one attached hydrogen (secondary N) is 3. The van der Waals surface area contributed by atoms with Gasteiger partial charge in [0.05, 0.1) is 6.54 Å². The van der Waals surface area contributed by atoms with Crippen molar-refractivity contribution in [2.45, 2.75) is 6.54 Å². The maximum Gasteiger partial charge on any atom is 0.274 e. The lowest BCUT2D eigenvalue weighted by Crippen LogP contribution is -2.35. The van der Waals surface area contributed by atoms with E-state index in [0.29, 0.717) is 17.1 Å². The van der Waals surface area contributed by atoms with Crippen LogP contribution in [0.1, 0.15) is 21.5 Å². The van der Waals surface area contributed by atoms with E-state index in [0.717, 1.165) is 11.1 Å². The number of benzene rings is 2. The van der Waals surface area contributed by atoms with E-state index in [1.807, 2.05) is 0 Å². The number of carbonyl (C=O) groups excluding carboxylic acids is 3. The Labute approximate surface area is 166 Å². The van der Waals surface area contributed by atoms with Crippen molar-refractivity contribution in [3.63, 3.8) is 0 Å². The van der Waals surface area contributed by atoms with Crippen LogP contribution in [0.15, 0.2) is 48.5 Å². The lowest BCUT2D eigenvalue weighted by molar-refractivity contribution is -0.124. The second kappa shape index (κ2) is 9.38. The minimum atomic E-state index is -0.614. The molecule has 1 aliphatic heterocycles. The molecular weight excluding hydrogens is 378 g/mol. The molecule has 3 amide bonds. The minimum Gasteiger partial charge on any atom is -0.454 e. The standard InChI is InChI=1S/C20H19N3O6/c24-18(8-4-13-3-7-16-17(9-13)29-12-28-16)22-11-19(25)21-10-14-1-5-15(6-2-14)20(26)23-27/h1-9,27H,10-12H2,(H,21,25)(H,22,24)(H,23,26)/b8-4+. The summed E-state index contributed by atoms with van der Waals surface area (Å²) in [5, 5.41) is 13.7. The number of carbonyl (C=O) groups is 3. The number of fused-ring (bicyclic) bond motifs is 1. The van der Waals surface area contributed by atoms with Gasteiger partial charge < -0.3 is 20.1 Å². The van der Waals surface area contributed by atoms with Crippen molar-refractivity contribution < 1.29 is 29.1 Å². The van der Waals surface area contributed by atoms with E-state index in [1.54, 1.807) is 41.9 Å². The Hall–Kier alpha value is -3.85. The molecular formula is C20H19N3O6. The molecule has 0 unspecified atom stereocenters. The zero-order chi connectivity index (χ0) is 20.6. The molecule has 2 aromatic carbocycles. The van der Waals surface area contributed by atoms with Crippen molar-refractivity contribution in [2.24, 2.45) is 0 Å². The maximum absolute atomic E-state index is 11.9. The molecule has 3 rings (SSSR count). The van der Waals surface area contributed by atoms with Gasteiger partial charge in [-0.05, 0) is 41.5 Å². The van der Waals surface area contributed by atoms with Crippen LogP contribution < -0.4 is 25.6 Å². The average Bonchev–Trinajstić information content (AvgIpc) is 3.22. The normalized spacial score (nSPS) is 11.9. The van der Waals surface area contributed by atoms with Crippen molar-refractivity contribution in [2.75, 3.05) is 13.3 Å². The SMILES string of the molecule is O=C(/C=C/c1ccc2c(c1)OCO2)NCC(=O)NCc1ccc(C(=O)NO)cc1. The summed E-state index contributed by atoms with van der Waals surface area (Å²) in [6.07, 6.45) is 2.94. The largest absolute Gasteiger partial charge is 0.454 e. The first kappa shape index (κ1) is 19.9. The maximum atomic E-state index is 11.9. The van der Waals surface area contributed by atoms with Gasteiger partial charge in [-0.1, -0.05) is 18.2 Å². The van der Waals surface area contributed by atoms with Crippen molar-refractivity contribution in [1.82, 2.24) is 16.1 Å². The molecule has 29 heavy (non-hydrogen) atoms. The molecule has 1 aliphatic rings. The second-order valence-corrected chi connectivity index (χ2v) is 6.08. The Morgan fingerprint density at radius 3 is 2.52 bits per heavy atom. The summed E-state index contributed by atoms with van der Waals surface area (Å²) in [7, 11) is 0. The van der Waals surface area contributed by atoms with Crippen molar-refractivity contribution in [3.8, 4) is 11.5 Å². The van der Waals surface area contributed by atoms with E-state index >= 15 is 0 Å². The van der Waals surface area contributed by atoms with E-state index in [2.05, 4.69) is 10.6 Å². The van der Waals surface area contributed by atoms with Gasteiger partial charge in [0.2, 0.25) is 18.6 Å². The Balaban J connectivity index is 1.40. The molecule has 150 valence electrons. The monoisotopic (exact) mass is 397 g/mol. The average molecular weight is 397 g/mol. The summed E-state index contributed by atoms with van der Waals surface area (Å²) in [6.45, 7) is 0.248. The summed E-state index contributed by atoms with van der Waals surface area (Å²) in [5.74, 6) is -0.0900. The van der Waals surface area contributed by atoms with E-state index in [-0.39, 0.29) is 25.8 Å². The highest BCUT2D eigenvalue weighted by Crippen LogP contribution is 2.32. The van der Waals surface area contributed by atoms with Crippen LogP contribution in [-0.2, 0) is 16.1 Å². The predicted molar refractivity (Wildman–Crippen MR) is 102 cm³/mol. The number of hydroxylamine groups is 1. The predicted octanol–water partition coefficient (Wildman–Crippen LogP) is 0.980. The van der Waals surface area contributed by atoms with Gasteiger partial charge in [0.1, 0.15) is 0 Å². The summed E-state index contributed by atoms with van der Waals surface area (Å²) in [4.78, 5) is 35.0. The number of hydrogen-bond acceptors (Lipinski definition) is 6. The molecule has 0 atom stereocenters. The fraction of sp³-hybridized carbons (Fsp3) is 0.150. The molecule has 0 spiro atoms. The first-order chi connectivity index (χ1) is 14.0. The van der Waals surface area contributed by atoms with Gasteiger partial charge in [0, 0.05) is 18.2 Å².